The highest BCUT2D eigenvalue weighted by Crippen LogP contribution is 1.99. The minimum absolute atomic E-state index is 0.0337. The zero-order valence-corrected chi connectivity index (χ0v) is 11.1. The summed E-state index contributed by atoms with van der Waals surface area (Å²) in [4.78, 5) is 34.5. The van der Waals surface area contributed by atoms with E-state index in [1.54, 1.807) is 6.92 Å². The largest absolute Gasteiger partial charge is 0.370 e. The van der Waals surface area contributed by atoms with Crippen LogP contribution in [0, 0.1) is 0 Å². The number of rotatable bonds is 7. The molecule has 10 heteroatoms. The Morgan fingerprint density at radius 3 is 2.70 bits per heavy atom. The van der Waals surface area contributed by atoms with Crippen molar-refractivity contribution in [2.45, 2.75) is 32.2 Å². The smallest absolute Gasteiger partial charge is 0.360 e. The summed E-state index contributed by atoms with van der Waals surface area (Å²) in [5.41, 5.74) is 10.6. The molecule has 0 aromatic carbocycles. The van der Waals surface area contributed by atoms with E-state index in [1.165, 1.54) is 0 Å². The molecule has 0 saturated heterocycles. The maximum Gasteiger partial charge on any atom is 0.360 e. The lowest BCUT2D eigenvalue weighted by Gasteiger charge is -2.07. The van der Waals surface area contributed by atoms with Crippen LogP contribution in [0.3, 0.4) is 0 Å². The van der Waals surface area contributed by atoms with Gasteiger partial charge in [0.15, 0.2) is 11.6 Å². The van der Waals surface area contributed by atoms with Gasteiger partial charge in [-0.15, -0.1) is 10.2 Å². The van der Waals surface area contributed by atoms with Gasteiger partial charge in [0.25, 0.3) is 0 Å². The first-order valence-corrected chi connectivity index (χ1v) is 6.07. The third-order valence-electron chi connectivity index (χ3n) is 2.41. The van der Waals surface area contributed by atoms with Crippen molar-refractivity contribution in [3.63, 3.8) is 0 Å². The second kappa shape index (κ2) is 7.28. The zero-order valence-electron chi connectivity index (χ0n) is 11.1. The third-order valence-corrected chi connectivity index (χ3v) is 2.41. The Morgan fingerprint density at radius 1 is 1.40 bits per heavy atom. The van der Waals surface area contributed by atoms with E-state index in [9.17, 15) is 14.4 Å². The Bertz CT molecular complexity index is 499. The van der Waals surface area contributed by atoms with Crippen LogP contribution >= 0.6 is 0 Å². The molecule has 0 radical (unpaired) electrons. The number of Topliss-reactive ketones (excluding diaryl/α,β-unsaturated/α-hetero) is 1. The minimum atomic E-state index is -0.820. The molecule has 0 unspecified atom stereocenters. The van der Waals surface area contributed by atoms with Crippen molar-refractivity contribution in [3.05, 3.63) is 5.82 Å². The molecule has 0 fully saturated rings. The van der Waals surface area contributed by atoms with Crippen molar-refractivity contribution in [2.75, 3.05) is 6.54 Å². The topological polar surface area (TPSA) is 159 Å². The lowest BCUT2D eigenvalue weighted by atomic mass is 10.1. The molecule has 5 N–H and O–H groups in total. The van der Waals surface area contributed by atoms with Gasteiger partial charge in [-0.3, -0.25) is 9.59 Å². The Hall–Kier alpha value is -2.36. The first-order chi connectivity index (χ1) is 9.43. The van der Waals surface area contributed by atoms with Crippen LogP contribution in [-0.4, -0.2) is 50.5 Å². The number of carbonyl (C=O) groups is 3. The predicted octanol–water partition coefficient (Wildman–Crippen LogP) is -2.04. The van der Waals surface area contributed by atoms with Crippen LogP contribution in [-0.2, 0) is 16.0 Å². The van der Waals surface area contributed by atoms with Crippen LogP contribution in [0.5, 0.6) is 0 Å². The predicted molar refractivity (Wildman–Crippen MR) is 67.4 cm³/mol. The molecule has 20 heavy (non-hydrogen) atoms. The van der Waals surface area contributed by atoms with Crippen LogP contribution in [0.1, 0.15) is 25.6 Å². The molecule has 0 aliphatic rings. The molecule has 1 atom stereocenters. The first-order valence-electron chi connectivity index (χ1n) is 6.07. The van der Waals surface area contributed by atoms with Crippen LogP contribution < -0.4 is 16.8 Å². The van der Waals surface area contributed by atoms with Gasteiger partial charge in [-0.05, 0) is 18.6 Å². The van der Waals surface area contributed by atoms with E-state index in [-0.39, 0.29) is 30.9 Å². The summed E-state index contributed by atoms with van der Waals surface area (Å²) in [6.45, 7) is 2.17. The van der Waals surface area contributed by atoms with E-state index in [4.69, 9.17) is 11.5 Å². The molecule has 1 heterocycles. The SMILES string of the molecule is CCNC(=O)n1nnc(CC(=O)[C@@H](N)CCC(N)=O)n1. The van der Waals surface area contributed by atoms with Crippen molar-refractivity contribution in [2.24, 2.45) is 11.5 Å². The lowest BCUT2D eigenvalue weighted by Crippen LogP contribution is -2.33. The average molecular weight is 283 g/mol. The number of hydrogen-bond acceptors (Lipinski definition) is 7. The summed E-state index contributed by atoms with van der Waals surface area (Å²) in [6.07, 6.45) is 0.0455. The summed E-state index contributed by atoms with van der Waals surface area (Å²) in [5, 5.41) is 13.4. The Morgan fingerprint density at radius 2 is 2.10 bits per heavy atom. The fraction of sp³-hybridized carbons (Fsp3) is 0.600. The lowest BCUT2D eigenvalue weighted by molar-refractivity contribution is -0.120. The van der Waals surface area contributed by atoms with E-state index in [2.05, 4.69) is 20.7 Å². The summed E-state index contributed by atoms with van der Waals surface area (Å²) in [6, 6.07) is -1.35. The molecule has 1 aromatic rings. The van der Waals surface area contributed by atoms with Gasteiger partial charge in [-0.25, -0.2) is 4.79 Å². The van der Waals surface area contributed by atoms with Gasteiger partial charge >= 0.3 is 6.03 Å². The van der Waals surface area contributed by atoms with Crippen LogP contribution in [0.25, 0.3) is 0 Å². The van der Waals surface area contributed by atoms with E-state index in [0.717, 1.165) is 4.80 Å². The molecule has 0 aliphatic heterocycles. The van der Waals surface area contributed by atoms with Gasteiger partial charge in [0, 0.05) is 13.0 Å². The average Bonchev–Trinajstić information content (AvgIpc) is 2.84. The van der Waals surface area contributed by atoms with Gasteiger partial charge in [-0.2, -0.15) is 0 Å². The van der Waals surface area contributed by atoms with Gasteiger partial charge in [0.1, 0.15) is 0 Å². The number of nitrogens with two attached hydrogens (primary N) is 2. The summed E-state index contributed by atoms with van der Waals surface area (Å²) < 4.78 is 0. The minimum Gasteiger partial charge on any atom is -0.370 e. The number of aromatic nitrogens is 4. The van der Waals surface area contributed by atoms with Gasteiger partial charge in [-0.1, -0.05) is 4.80 Å². The van der Waals surface area contributed by atoms with Gasteiger partial charge in [0.2, 0.25) is 5.91 Å². The normalized spacial score (nSPS) is 11.9. The summed E-state index contributed by atoms with van der Waals surface area (Å²) in [7, 11) is 0. The molecule has 0 aliphatic carbocycles. The van der Waals surface area contributed by atoms with Crippen LogP contribution in [0.15, 0.2) is 0 Å². The summed E-state index contributed by atoms with van der Waals surface area (Å²) >= 11 is 0. The number of hydrogen-bond donors (Lipinski definition) is 3. The van der Waals surface area contributed by atoms with Crippen molar-refractivity contribution in [1.82, 2.24) is 25.5 Å². The zero-order chi connectivity index (χ0) is 15.1. The fourth-order valence-corrected chi connectivity index (χ4v) is 1.37. The van der Waals surface area contributed by atoms with Gasteiger partial charge < -0.3 is 16.8 Å². The number of carbonyl (C=O) groups excluding carboxylic acids is 3. The number of tetrazole rings is 1. The van der Waals surface area contributed by atoms with E-state index >= 15 is 0 Å². The quantitative estimate of drug-likeness (QED) is 0.519. The molecule has 2 amide bonds. The first kappa shape index (κ1) is 15.7. The van der Waals surface area contributed by atoms with E-state index in [0.29, 0.717) is 6.54 Å². The standard InChI is InChI=1S/C10H17N7O3/c1-2-13-10(20)17-15-9(14-16-17)5-7(18)6(11)3-4-8(12)19/h6H,2-5,11H2,1H3,(H2,12,19)(H,13,20)/t6-/m0/s1. The molecular weight excluding hydrogens is 266 g/mol. The fourth-order valence-electron chi connectivity index (χ4n) is 1.37. The maximum absolute atomic E-state index is 11.7. The molecule has 0 bridgehead atoms. The molecule has 0 spiro atoms. The third kappa shape index (κ3) is 4.72. The number of amides is 2. The second-order valence-electron chi connectivity index (χ2n) is 4.09. The number of primary amides is 1. The Kier molecular flexibility index (Phi) is 5.72. The van der Waals surface area contributed by atoms with Crippen LogP contribution in [0.2, 0.25) is 0 Å². The molecule has 0 saturated carbocycles. The molecular formula is C10H17N7O3. The second-order valence-corrected chi connectivity index (χ2v) is 4.09. The van der Waals surface area contributed by atoms with Crippen molar-refractivity contribution >= 4 is 17.7 Å². The van der Waals surface area contributed by atoms with Crippen molar-refractivity contribution in [1.29, 1.82) is 0 Å². The number of nitrogens with zero attached hydrogens (tertiary/aromatic N) is 4. The summed E-state index contributed by atoms with van der Waals surface area (Å²) in [5.74, 6) is -0.772. The van der Waals surface area contributed by atoms with Crippen LogP contribution in [0.4, 0.5) is 4.79 Å². The van der Waals surface area contributed by atoms with E-state index in [1.807, 2.05) is 0 Å². The number of ketones is 1. The molecule has 110 valence electrons. The van der Waals surface area contributed by atoms with Gasteiger partial charge in [0.05, 0.1) is 12.5 Å². The Labute approximate surface area is 114 Å². The molecule has 1 aromatic heterocycles. The van der Waals surface area contributed by atoms with Crippen molar-refractivity contribution < 1.29 is 14.4 Å². The maximum atomic E-state index is 11.7. The monoisotopic (exact) mass is 283 g/mol. The van der Waals surface area contributed by atoms with Crippen molar-refractivity contribution in [3.8, 4) is 0 Å². The number of nitrogens with one attached hydrogen (secondary N) is 1. The highest BCUT2D eigenvalue weighted by atomic mass is 16.2. The molecule has 1 rings (SSSR count). The highest BCUT2D eigenvalue weighted by molar-refractivity contribution is 5.86. The van der Waals surface area contributed by atoms with E-state index < -0.39 is 18.0 Å². The highest BCUT2D eigenvalue weighted by Gasteiger charge is 2.18. The molecule has 10 nitrogen and oxygen atoms in total. The Balaban J connectivity index is 2.54.